The van der Waals surface area contributed by atoms with Crippen LogP contribution in [0.15, 0.2) is 0 Å². The van der Waals surface area contributed by atoms with Crippen LogP contribution < -0.4 is 0 Å². The van der Waals surface area contributed by atoms with Crippen molar-refractivity contribution < 1.29 is 0 Å². The minimum absolute atomic E-state index is 0.927. The van der Waals surface area contributed by atoms with Gasteiger partial charge in [0.05, 0.1) is 0 Å². The van der Waals surface area contributed by atoms with E-state index in [-0.39, 0.29) is 0 Å². The molecule has 0 aromatic carbocycles. The highest BCUT2D eigenvalue weighted by Crippen LogP contribution is 2.14. The summed E-state index contributed by atoms with van der Waals surface area (Å²) in [5, 5.41) is 0. The Hall–Kier alpha value is -0.0400. The van der Waals surface area contributed by atoms with Crippen LogP contribution in [0.25, 0.3) is 0 Å². The van der Waals surface area contributed by atoms with Gasteiger partial charge in [0.25, 0.3) is 0 Å². The molecule has 0 saturated carbocycles. The molecule has 1 heteroatoms. The van der Waals surface area contributed by atoms with Crippen LogP contribution in [0.2, 0.25) is 0 Å². The Morgan fingerprint density at radius 2 is 2.44 bits per heavy atom. The molecule has 0 spiro atoms. The fourth-order valence-electron chi connectivity index (χ4n) is 1.45. The number of nitrogens with zero attached hydrogens (tertiary/aromatic N) is 1. The quantitative estimate of drug-likeness (QED) is 0.542. The summed E-state index contributed by atoms with van der Waals surface area (Å²) in [6.45, 7) is 9.96. The van der Waals surface area contributed by atoms with Crippen molar-refractivity contribution in [1.82, 2.24) is 4.90 Å². The molecule has 1 rings (SSSR count). The lowest BCUT2D eigenvalue weighted by molar-refractivity contribution is 0.334. The van der Waals surface area contributed by atoms with E-state index in [0.717, 1.165) is 12.3 Å². The first-order chi connectivity index (χ1) is 4.33. The number of hydrogen-bond acceptors (Lipinski definition) is 1. The smallest absolute Gasteiger partial charge is 0.000750 e. The van der Waals surface area contributed by atoms with Gasteiger partial charge < -0.3 is 4.90 Å². The molecule has 0 aromatic rings. The molecule has 53 valence electrons. The summed E-state index contributed by atoms with van der Waals surface area (Å²) in [4.78, 5) is 2.50. The van der Waals surface area contributed by atoms with Crippen molar-refractivity contribution in [2.75, 3.05) is 19.6 Å². The lowest BCUT2D eigenvalue weighted by Gasteiger charge is -2.12. The summed E-state index contributed by atoms with van der Waals surface area (Å²) >= 11 is 0. The van der Waals surface area contributed by atoms with Gasteiger partial charge in [-0.25, -0.2) is 0 Å². The van der Waals surface area contributed by atoms with E-state index in [2.05, 4.69) is 18.7 Å². The minimum atomic E-state index is 0.927. The van der Waals surface area contributed by atoms with E-state index in [1.54, 1.807) is 0 Å². The van der Waals surface area contributed by atoms with Crippen molar-refractivity contribution >= 4 is 0 Å². The van der Waals surface area contributed by atoms with Gasteiger partial charge in [0.1, 0.15) is 0 Å². The molecule has 1 radical (unpaired) electrons. The molecule has 1 saturated heterocycles. The molecule has 0 aliphatic carbocycles. The van der Waals surface area contributed by atoms with Gasteiger partial charge in [0.15, 0.2) is 0 Å². The Morgan fingerprint density at radius 1 is 1.67 bits per heavy atom. The normalized spacial score (nSPS) is 29.3. The molecular formula is C8H16N. The van der Waals surface area contributed by atoms with Gasteiger partial charge in [-0.1, -0.05) is 13.8 Å². The molecule has 1 unspecified atom stereocenters. The summed E-state index contributed by atoms with van der Waals surface area (Å²) < 4.78 is 0. The summed E-state index contributed by atoms with van der Waals surface area (Å²) in [6, 6.07) is 0. The van der Waals surface area contributed by atoms with E-state index in [0.29, 0.717) is 0 Å². The highest BCUT2D eigenvalue weighted by atomic mass is 15.1. The van der Waals surface area contributed by atoms with Gasteiger partial charge >= 0.3 is 0 Å². The lowest BCUT2D eigenvalue weighted by Crippen LogP contribution is -2.20. The van der Waals surface area contributed by atoms with E-state index in [1.165, 1.54) is 26.1 Å². The van der Waals surface area contributed by atoms with E-state index in [4.69, 9.17) is 0 Å². The molecule has 1 fully saturated rings. The predicted molar refractivity (Wildman–Crippen MR) is 40.2 cm³/mol. The zero-order valence-electron chi connectivity index (χ0n) is 6.27. The van der Waals surface area contributed by atoms with Gasteiger partial charge in [0.2, 0.25) is 0 Å². The highest BCUT2D eigenvalue weighted by Gasteiger charge is 2.16. The Kier molecular flexibility index (Phi) is 2.52. The first-order valence-electron chi connectivity index (χ1n) is 3.84. The third kappa shape index (κ3) is 1.98. The molecule has 1 aliphatic heterocycles. The predicted octanol–water partition coefficient (Wildman–Crippen LogP) is 1.55. The molecule has 0 amide bonds. The van der Waals surface area contributed by atoms with Crippen molar-refractivity contribution in [2.24, 2.45) is 5.92 Å². The second-order valence-electron chi connectivity index (χ2n) is 3.05. The molecule has 1 atom stereocenters. The lowest BCUT2D eigenvalue weighted by atomic mass is 10.2. The molecule has 1 heterocycles. The van der Waals surface area contributed by atoms with Crippen LogP contribution in [0.1, 0.15) is 19.8 Å². The van der Waals surface area contributed by atoms with Crippen molar-refractivity contribution in [3.8, 4) is 0 Å². The van der Waals surface area contributed by atoms with Gasteiger partial charge in [-0.3, -0.25) is 0 Å². The second kappa shape index (κ2) is 3.21. The summed E-state index contributed by atoms with van der Waals surface area (Å²) in [5.74, 6) is 0.927. The topological polar surface area (TPSA) is 3.24 Å². The molecule has 0 aromatic heterocycles. The third-order valence-electron chi connectivity index (χ3n) is 1.98. The Balaban J connectivity index is 2.14. The van der Waals surface area contributed by atoms with Crippen LogP contribution in [0.5, 0.6) is 0 Å². The molecular weight excluding hydrogens is 110 g/mol. The number of likely N-dealkylation sites (tertiary alicyclic amines) is 1. The molecule has 1 aliphatic rings. The van der Waals surface area contributed by atoms with Crippen molar-refractivity contribution in [1.29, 1.82) is 0 Å². The average Bonchev–Trinajstić information content (AvgIpc) is 2.17. The summed E-state index contributed by atoms with van der Waals surface area (Å²) in [5.41, 5.74) is 0. The van der Waals surface area contributed by atoms with E-state index >= 15 is 0 Å². The fourth-order valence-corrected chi connectivity index (χ4v) is 1.45. The van der Waals surface area contributed by atoms with Gasteiger partial charge in [-0.15, -0.1) is 0 Å². The van der Waals surface area contributed by atoms with Crippen LogP contribution in [0.3, 0.4) is 0 Å². The fraction of sp³-hybridized carbons (Fsp3) is 0.875. The molecule has 0 bridgehead atoms. The van der Waals surface area contributed by atoms with Crippen molar-refractivity contribution in [3.63, 3.8) is 0 Å². The zero-order chi connectivity index (χ0) is 6.69. The third-order valence-corrected chi connectivity index (χ3v) is 1.98. The van der Waals surface area contributed by atoms with Gasteiger partial charge in [0, 0.05) is 6.54 Å². The molecule has 0 N–H and O–H groups in total. The summed E-state index contributed by atoms with van der Waals surface area (Å²) in [6.07, 6.45) is 2.45. The number of hydrogen-bond donors (Lipinski definition) is 0. The zero-order valence-corrected chi connectivity index (χ0v) is 6.27. The van der Waals surface area contributed by atoms with Crippen LogP contribution in [0, 0.1) is 12.8 Å². The van der Waals surface area contributed by atoms with Crippen LogP contribution in [0.4, 0.5) is 0 Å². The van der Waals surface area contributed by atoms with Crippen LogP contribution >= 0.6 is 0 Å². The van der Waals surface area contributed by atoms with Crippen molar-refractivity contribution in [3.05, 3.63) is 6.92 Å². The maximum atomic E-state index is 3.83. The van der Waals surface area contributed by atoms with E-state index in [1.807, 2.05) is 0 Å². The maximum absolute atomic E-state index is 3.83. The minimum Gasteiger partial charge on any atom is -0.303 e. The highest BCUT2D eigenvalue weighted by molar-refractivity contribution is 4.71. The SMILES string of the molecule is [CH2]CCN1CCC(C)C1. The average molecular weight is 126 g/mol. The first kappa shape index (κ1) is 7.07. The van der Waals surface area contributed by atoms with Gasteiger partial charge in [-0.05, 0) is 31.8 Å². The Bertz CT molecular complexity index is 78.6. The van der Waals surface area contributed by atoms with E-state index in [9.17, 15) is 0 Å². The van der Waals surface area contributed by atoms with Crippen LogP contribution in [-0.2, 0) is 0 Å². The molecule has 9 heavy (non-hydrogen) atoms. The Morgan fingerprint density at radius 3 is 2.89 bits per heavy atom. The standard InChI is InChI=1S/C8H16N/c1-3-5-9-6-4-8(2)7-9/h8H,1,3-7H2,2H3. The van der Waals surface area contributed by atoms with Crippen LogP contribution in [-0.4, -0.2) is 24.5 Å². The number of rotatable bonds is 2. The molecule has 1 nitrogen and oxygen atoms in total. The van der Waals surface area contributed by atoms with E-state index < -0.39 is 0 Å². The second-order valence-corrected chi connectivity index (χ2v) is 3.05. The summed E-state index contributed by atoms with van der Waals surface area (Å²) in [7, 11) is 0. The first-order valence-corrected chi connectivity index (χ1v) is 3.84. The van der Waals surface area contributed by atoms with Crippen molar-refractivity contribution in [2.45, 2.75) is 19.8 Å². The van der Waals surface area contributed by atoms with Gasteiger partial charge in [-0.2, -0.15) is 0 Å². The Labute approximate surface area is 58.0 Å². The monoisotopic (exact) mass is 126 g/mol. The maximum Gasteiger partial charge on any atom is 0.000750 e. The largest absolute Gasteiger partial charge is 0.303 e.